The van der Waals surface area contributed by atoms with Gasteiger partial charge in [0.1, 0.15) is 0 Å². The Labute approximate surface area is 234 Å². The number of benzene rings is 1. The Bertz CT molecular complexity index is 1730. The number of piperidine rings is 1. The molecule has 0 spiro atoms. The summed E-state index contributed by atoms with van der Waals surface area (Å²) < 4.78 is 46.7. The highest BCUT2D eigenvalue weighted by Gasteiger charge is 2.38. The van der Waals surface area contributed by atoms with E-state index in [1.807, 2.05) is 30.0 Å². The van der Waals surface area contributed by atoms with E-state index >= 15 is 0 Å². The van der Waals surface area contributed by atoms with E-state index in [9.17, 15) is 18.0 Å². The summed E-state index contributed by atoms with van der Waals surface area (Å²) in [5.41, 5.74) is 3.51. The quantitative estimate of drug-likeness (QED) is 0.293. The van der Waals surface area contributed by atoms with Crippen LogP contribution in [-0.4, -0.2) is 57.8 Å². The Morgan fingerprint density at radius 1 is 1.05 bits per heavy atom. The molecule has 0 saturated carbocycles. The van der Waals surface area contributed by atoms with Gasteiger partial charge in [-0.1, -0.05) is 12.1 Å². The minimum atomic E-state index is -4.65. The molecule has 1 aliphatic heterocycles. The minimum Gasteiger partial charge on any atom is -0.339 e. The number of likely N-dealkylation sites (tertiary alicyclic amines) is 1. The first-order valence-electron chi connectivity index (χ1n) is 13.5. The normalized spacial score (nSPS) is 14.2. The Balaban J connectivity index is 1.31. The van der Waals surface area contributed by atoms with E-state index in [0.717, 1.165) is 49.2 Å². The van der Waals surface area contributed by atoms with Crippen LogP contribution in [0.3, 0.4) is 0 Å². The Morgan fingerprint density at radius 2 is 1.85 bits per heavy atom. The van der Waals surface area contributed by atoms with Crippen molar-refractivity contribution in [3.63, 3.8) is 0 Å². The molecule has 212 valence electrons. The van der Waals surface area contributed by atoms with Crippen molar-refractivity contribution in [3.8, 4) is 11.3 Å². The van der Waals surface area contributed by atoms with E-state index in [2.05, 4.69) is 20.2 Å². The van der Waals surface area contributed by atoms with E-state index in [1.165, 1.54) is 17.1 Å². The summed E-state index contributed by atoms with van der Waals surface area (Å²) in [5.74, 6) is 0.0521. The first-order chi connectivity index (χ1) is 19.7. The van der Waals surface area contributed by atoms with Crippen LogP contribution in [0.4, 0.5) is 13.2 Å². The van der Waals surface area contributed by atoms with Gasteiger partial charge in [-0.15, -0.1) is 0 Å². The predicted octanol–water partition coefficient (Wildman–Crippen LogP) is 4.92. The molecule has 41 heavy (non-hydrogen) atoms. The van der Waals surface area contributed by atoms with Gasteiger partial charge < -0.3 is 4.90 Å². The van der Waals surface area contributed by atoms with Crippen molar-refractivity contribution in [2.75, 3.05) is 13.1 Å². The molecule has 0 N–H and O–H groups in total. The van der Waals surface area contributed by atoms with Crippen molar-refractivity contribution >= 4 is 11.6 Å². The van der Waals surface area contributed by atoms with Crippen LogP contribution >= 0.6 is 0 Å². The van der Waals surface area contributed by atoms with Crippen LogP contribution < -0.4 is 0 Å². The molecule has 0 bridgehead atoms. The fourth-order valence-electron chi connectivity index (χ4n) is 5.45. The fourth-order valence-corrected chi connectivity index (χ4v) is 5.45. The van der Waals surface area contributed by atoms with E-state index < -0.39 is 11.9 Å². The summed E-state index contributed by atoms with van der Waals surface area (Å²) in [6.45, 7) is 3.63. The lowest BCUT2D eigenvalue weighted by Gasteiger charge is -2.27. The predicted molar refractivity (Wildman–Crippen MR) is 145 cm³/mol. The Hall–Kier alpha value is -4.48. The van der Waals surface area contributed by atoms with E-state index in [4.69, 9.17) is 0 Å². The van der Waals surface area contributed by atoms with Crippen LogP contribution in [-0.2, 0) is 26.2 Å². The molecular weight excluding hydrogens is 533 g/mol. The van der Waals surface area contributed by atoms with Crippen molar-refractivity contribution in [2.24, 2.45) is 7.05 Å². The van der Waals surface area contributed by atoms with Crippen molar-refractivity contribution in [3.05, 3.63) is 89.0 Å². The average molecular weight is 563 g/mol. The maximum Gasteiger partial charge on any atom is 0.435 e. The van der Waals surface area contributed by atoms with Gasteiger partial charge in [0, 0.05) is 56.9 Å². The zero-order chi connectivity index (χ0) is 28.7. The highest BCUT2D eigenvalue weighted by molar-refractivity contribution is 5.95. The van der Waals surface area contributed by atoms with E-state index in [-0.39, 0.29) is 23.7 Å². The summed E-state index contributed by atoms with van der Waals surface area (Å²) in [6.07, 6.45) is 6.53. The lowest BCUT2D eigenvalue weighted by molar-refractivity contribution is -0.141. The lowest BCUT2D eigenvalue weighted by Crippen LogP contribution is -2.35. The standard InChI is InChI=1S/C29H29F3N8O/c1-19-14-20(6-7-22(19)28(41)38-11-4-3-5-12-38)15-24-27-34-16-25(40(27)13-10-33-24)23-18-39(36-26(23)29(30,31)32)17-21-8-9-35-37(21)2/h6-10,13-14,16,18H,3-5,11-12,15,17H2,1-2H3. The summed E-state index contributed by atoms with van der Waals surface area (Å²) >= 11 is 0. The second-order valence-electron chi connectivity index (χ2n) is 10.4. The molecule has 1 aliphatic rings. The number of halogens is 3. The maximum atomic E-state index is 14.1. The summed E-state index contributed by atoms with van der Waals surface area (Å²) in [4.78, 5) is 23.9. The molecule has 6 rings (SSSR count). The van der Waals surface area contributed by atoms with Gasteiger partial charge in [0.15, 0.2) is 11.3 Å². The smallest absolute Gasteiger partial charge is 0.339 e. The number of nitrogens with zero attached hydrogens (tertiary/aromatic N) is 8. The monoisotopic (exact) mass is 562 g/mol. The molecule has 9 nitrogen and oxygen atoms in total. The number of hydrogen-bond donors (Lipinski definition) is 0. The van der Waals surface area contributed by atoms with Crippen LogP contribution in [0.5, 0.6) is 0 Å². The van der Waals surface area contributed by atoms with E-state index in [0.29, 0.717) is 23.3 Å². The molecule has 0 aliphatic carbocycles. The van der Waals surface area contributed by atoms with Crippen LogP contribution in [0.15, 0.2) is 55.2 Å². The first-order valence-corrected chi connectivity index (χ1v) is 13.5. The number of rotatable bonds is 6. The zero-order valence-corrected chi connectivity index (χ0v) is 22.8. The third kappa shape index (κ3) is 5.21. The number of alkyl halides is 3. The van der Waals surface area contributed by atoms with Gasteiger partial charge in [-0.05, 0) is 49.4 Å². The number of imidazole rings is 1. The maximum absolute atomic E-state index is 14.1. The second-order valence-corrected chi connectivity index (χ2v) is 10.4. The zero-order valence-electron chi connectivity index (χ0n) is 22.8. The average Bonchev–Trinajstić information content (AvgIpc) is 3.68. The van der Waals surface area contributed by atoms with Crippen molar-refractivity contribution in [1.82, 2.24) is 38.8 Å². The Kier molecular flexibility index (Phi) is 6.84. The molecule has 0 atom stereocenters. The van der Waals surface area contributed by atoms with Crippen molar-refractivity contribution in [2.45, 2.75) is 45.3 Å². The van der Waals surface area contributed by atoms with Crippen LogP contribution in [0.2, 0.25) is 0 Å². The molecule has 1 amide bonds. The summed E-state index contributed by atoms with van der Waals surface area (Å²) in [6, 6.07) is 7.46. The van der Waals surface area contributed by atoms with Gasteiger partial charge in [0.25, 0.3) is 5.91 Å². The number of carbonyl (C=O) groups excluding carboxylic acids is 1. The number of fused-ring (bicyclic) bond motifs is 1. The fraction of sp³-hybridized carbons (Fsp3) is 0.345. The molecule has 0 unspecified atom stereocenters. The lowest BCUT2D eigenvalue weighted by atomic mass is 10.0. The van der Waals surface area contributed by atoms with Gasteiger partial charge in [-0.2, -0.15) is 23.4 Å². The molecule has 1 fully saturated rings. The highest BCUT2D eigenvalue weighted by Crippen LogP contribution is 2.36. The molecule has 5 heterocycles. The van der Waals surface area contributed by atoms with E-state index in [1.54, 1.807) is 40.8 Å². The van der Waals surface area contributed by atoms with Gasteiger partial charge in [0.05, 0.1) is 35.4 Å². The largest absolute Gasteiger partial charge is 0.435 e. The number of amides is 1. The highest BCUT2D eigenvalue weighted by atomic mass is 19.4. The molecular formula is C29H29F3N8O. The molecule has 4 aromatic heterocycles. The second kappa shape index (κ2) is 10.5. The SMILES string of the molecule is Cc1cc(Cc2nccn3c(-c4cn(Cc5ccnn5C)nc4C(F)(F)F)cnc23)ccc1C(=O)N1CCCCC1. The number of carbonyl (C=O) groups is 1. The molecule has 1 aromatic carbocycles. The summed E-state index contributed by atoms with van der Waals surface area (Å²) in [5, 5.41) is 7.96. The topological polar surface area (TPSA) is 86.1 Å². The van der Waals surface area contributed by atoms with Crippen molar-refractivity contribution in [1.29, 1.82) is 0 Å². The van der Waals surface area contributed by atoms with Crippen LogP contribution in [0.25, 0.3) is 16.9 Å². The number of aromatic nitrogens is 7. The van der Waals surface area contributed by atoms with Gasteiger partial charge >= 0.3 is 6.18 Å². The number of hydrogen-bond acceptors (Lipinski definition) is 5. The van der Waals surface area contributed by atoms with Crippen LogP contribution in [0.1, 0.15) is 57.8 Å². The van der Waals surface area contributed by atoms with Crippen molar-refractivity contribution < 1.29 is 18.0 Å². The minimum absolute atomic E-state index is 0.0521. The third-order valence-corrected chi connectivity index (χ3v) is 7.59. The molecule has 0 radical (unpaired) electrons. The van der Waals surface area contributed by atoms with Gasteiger partial charge in [0.2, 0.25) is 0 Å². The number of aryl methyl sites for hydroxylation is 2. The molecule has 5 aromatic rings. The first kappa shape index (κ1) is 26.7. The molecule has 12 heteroatoms. The van der Waals surface area contributed by atoms with Crippen LogP contribution in [0, 0.1) is 6.92 Å². The third-order valence-electron chi connectivity index (χ3n) is 7.59. The Morgan fingerprint density at radius 3 is 2.56 bits per heavy atom. The van der Waals surface area contributed by atoms with Gasteiger partial charge in [-0.3, -0.25) is 23.5 Å². The molecule has 1 saturated heterocycles. The summed E-state index contributed by atoms with van der Waals surface area (Å²) in [7, 11) is 1.73. The van der Waals surface area contributed by atoms with Gasteiger partial charge in [-0.25, -0.2) is 4.98 Å².